The van der Waals surface area contributed by atoms with Crippen molar-refractivity contribution in [3.8, 4) is 11.1 Å². The van der Waals surface area contributed by atoms with E-state index in [0.717, 1.165) is 38.6 Å². The van der Waals surface area contributed by atoms with E-state index in [0.29, 0.717) is 5.56 Å². The quantitative estimate of drug-likeness (QED) is 0.406. The van der Waals surface area contributed by atoms with E-state index >= 15 is 0 Å². The minimum absolute atomic E-state index is 0.200. The van der Waals surface area contributed by atoms with Gasteiger partial charge in [-0.1, -0.05) is 36.4 Å². The topological polar surface area (TPSA) is 105 Å². The SMILES string of the molecule is Cc1ccc(C(=O)O)c(C)c1-c1ccc(C(CN)NC(=O)c2ccc3cnccc3c2)cc1. The van der Waals surface area contributed by atoms with E-state index in [2.05, 4.69) is 10.3 Å². The molecule has 4 N–H and O–H groups in total. The van der Waals surface area contributed by atoms with Crippen LogP contribution in [-0.4, -0.2) is 28.5 Å². The van der Waals surface area contributed by atoms with Crippen LogP contribution in [0.3, 0.4) is 0 Å². The molecule has 0 aliphatic rings. The molecule has 0 saturated carbocycles. The zero-order valence-corrected chi connectivity index (χ0v) is 18.5. The Bertz CT molecular complexity index is 1350. The van der Waals surface area contributed by atoms with Crippen LogP contribution in [0.5, 0.6) is 0 Å². The molecule has 166 valence electrons. The lowest BCUT2D eigenvalue weighted by atomic mass is 9.91. The van der Waals surface area contributed by atoms with Crippen LogP contribution >= 0.6 is 0 Å². The number of carbonyl (C=O) groups excluding carboxylic acids is 1. The van der Waals surface area contributed by atoms with Crippen molar-refractivity contribution in [2.45, 2.75) is 19.9 Å². The van der Waals surface area contributed by atoms with E-state index in [4.69, 9.17) is 5.73 Å². The third kappa shape index (κ3) is 4.47. The molecule has 0 aliphatic carbocycles. The van der Waals surface area contributed by atoms with Gasteiger partial charge in [0.15, 0.2) is 0 Å². The highest BCUT2D eigenvalue weighted by Gasteiger charge is 2.17. The molecule has 6 nitrogen and oxygen atoms in total. The summed E-state index contributed by atoms with van der Waals surface area (Å²) in [7, 11) is 0. The van der Waals surface area contributed by atoms with Crippen molar-refractivity contribution >= 4 is 22.6 Å². The fraction of sp³-hybridized carbons (Fsp3) is 0.148. The average molecular weight is 440 g/mol. The number of hydrogen-bond donors (Lipinski definition) is 3. The first-order valence-corrected chi connectivity index (χ1v) is 10.7. The van der Waals surface area contributed by atoms with E-state index in [9.17, 15) is 14.7 Å². The summed E-state index contributed by atoms with van der Waals surface area (Å²) in [6, 6.07) is 18.2. The van der Waals surface area contributed by atoms with Crippen molar-refractivity contribution in [1.29, 1.82) is 0 Å². The third-order valence-corrected chi connectivity index (χ3v) is 5.95. The number of nitrogens with two attached hydrogens (primary N) is 1. The van der Waals surface area contributed by atoms with Crippen molar-refractivity contribution in [2.75, 3.05) is 6.54 Å². The van der Waals surface area contributed by atoms with Gasteiger partial charge >= 0.3 is 5.97 Å². The van der Waals surface area contributed by atoms with Gasteiger partial charge in [0.25, 0.3) is 5.91 Å². The van der Waals surface area contributed by atoms with Crippen LogP contribution in [0.15, 0.2) is 73.1 Å². The van der Waals surface area contributed by atoms with Crippen LogP contribution in [0.2, 0.25) is 0 Å². The van der Waals surface area contributed by atoms with Gasteiger partial charge < -0.3 is 16.2 Å². The molecule has 6 heteroatoms. The molecule has 3 aromatic carbocycles. The summed E-state index contributed by atoms with van der Waals surface area (Å²) >= 11 is 0. The predicted octanol–water partition coefficient (Wildman–Crippen LogP) is 4.65. The van der Waals surface area contributed by atoms with E-state index < -0.39 is 5.97 Å². The van der Waals surface area contributed by atoms with Crippen molar-refractivity contribution in [2.24, 2.45) is 5.73 Å². The fourth-order valence-corrected chi connectivity index (χ4v) is 4.15. The molecule has 0 saturated heterocycles. The number of carboxylic acids is 1. The van der Waals surface area contributed by atoms with Crippen LogP contribution < -0.4 is 11.1 Å². The molecule has 0 aliphatic heterocycles. The normalized spacial score (nSPS) is 11.8. The lowest BCUT2D eigenvalue weighted by molar-refractivity contribution is 0.0696. The van der Waals surface area contributed by atoms with Crippen molar-refractivity contribution in [3.05, 3.63) is 101 Å². The number of amides is 1. The average Bonchev–Trinajstić information content (AvgIpc) is 2.82. The van der Waals surface area contributed by atoms with Crippen LogP contribution in [0.1, 0.15) is 43.4 Å². The molecule has 33 heavy (non-hydrogen) atoms. The fourth-order valence-electron chi connectivity index (χ4n) is 4.15. The van der Waals surface area contributed by atoms with Gasteiger partial charge in [-0.2, -0.15) is 0 Å². The summed E-state index contributed by atoms with van der Waals surface area (Å²) in [4.78, 5) is 28.5. The van der Waals surface area contributed by atoms with Crippen molar-refractivity contribution in [1.82, 2.24) is 10.3 Å². The lowest BCUT2D eigenvalue weighted by Gasteiger charge is -2.19. The van der Waals surface area contributed by atoms with Gasteiger partial charge in [0, 0.05) is 29.9 Å². The number of benzene rings is 3. The number of aryl methyl sites for hydroxylation is 1. The van der Waals surface area contributed by atoms with Crippen LogP contribution in [-0.2, 0) is 0 Å². The van der Waals surface area contributed by atoms with Crippen LogP contribution in [0, 0.1) is 13.8 Å². The monoisotopic (exact) mass is 439 g/mol. The number of nitrogens with zero attached hydrogens (tertiary/aromatic N) is 1. The Labute approximate surface area is 192 Å². The predicted molar refractivity (Wildman–Crippen MR) is 129 cm³/mol. The Kier molecular flexibility index (Phi) is 6.20. The molecule has 1 heterocycles. The number of rotatable bonds is 6. The van der Waals surface area contributed by atoms with Gasteiger partial charge in [0.05, 0.1) is 11.6 Å². The molecule has 0 fully saturated rings. The molecule has 1 atom stereocenters. The molecule has 1 amide bonds. The van der Waals surface area contributed by atoms with Crippen LogP contribution in [0.25, 0.3) is 21.9 Å². The molecular weight excluding hydrogens is 414 g/mol. The molecule has 1 unspecified atom stereocenters. The minimum atomic E-state index is -0.943. The first-order chi connectivity index (χ1) is 15.9. The number of nitrogens with one attached hydrogen (secondary N) is 1. The highest BCUT2D eigenvalue weighted by molar-refractivity contribution is 5.98. The summed E-state index contributed by atoms with van der Waals surface area (Å²) < 4.78 is 0. The maximum Gasteiger partial charge on any atom is 0.335 e. The van der Waals surface area contributed by atoms with Gasteiger partial charge in [-0.15, -0.1) is 0 Å². The van der Waals surface area contributed by atoms with Gasteiger partial charge in [-0.05, 0) is 71.3 Å². The second-order valence-electron chi connectivity index (χ2n) is 8.06. The first-order valence-electron chi connectivity index (χ1n) is 10.7. The van der Waals surface area contributed by atoms with E-state index in [1.54, 1.807) is 24.5 Å². The highest BCUT2D eigenvalue weighted by Crippen LogP contribution is 2.30. The summed E-state index contributed by atoms with van der Waals surface area (Å²) in [5.41, 5.74) is 11.3. The number of carbonyl (C=O) groups is 2. The number of fused-ring (bicyclic) bond motifs is 1. The molecule has 0 radical (unpaired) electrons. The summed E-state index contributed by atoms with van der Waals surface area (Å²) in [6.07, 6.45) is 3.46. The summed E-state index contributed by atoms with van der Waals surface area (Å²) in [5.74, 6) is -1.14. The van der Waals surface area contributed by atoms with E-state index in [1.807, 2.05) is 62.4 Å². The lowest BCUT2D eigenvalue weighted by Crippen LogP contribution is -2.33. The molecular formula is C27H25N3O3. The number of aromatic carboxylic acids is 1. The molecule has 4 rings (SSSR count). The maximum absolute atomic E-state index is 12.9. The number of carboxylic acid groups (broad SMARTS) is 1. The molecule has 1 aromatic heterocycles. The second kappa shape index (κ2) is 9.22. The Morgan fingerprint density at radius 1 is 1.00 bits per heavy atom. The van der Waals surface area contributed by atoms with E-state index in [1.165, 1.54) is 0 Å². The second-order valence-corrected chi connectivity index (χ2v) is 8.06. The minimum Gasteiger partial charge on any atom is -0.478 e. The van der Waals surface area contributed by atoms with Crippen molar-refractivity contribution in [3.63, 3.8) is 0 Å². The Hall–Kier alpha value is -4.03. The largest absolute Gasteiger partial charge is 0.478 e. The van der Waals surface area contributed by atoms with Gasteiger partial charge in [0.2, 0.25) is 0 Å². The van der Waals surface area contributed by atoms with E-state index in [-0.39, 0.29) is 24.1 Å². The number of hydrogen-bond acceptors (Lipinski definition) is 4. The Morgan fingerprint density at radius 3 is 2.45 bits per heavy atom. The smallest absolute Gasteiger partial charge is 0.335 e. The standard InChI is InChI=1S/C27H25N3O3/c1-16-3-10-23(27(32)33)17(2)25(16)19-6-4-18(5-7-19)24(14-28)30-26(31)21-8-9-22-15-29-12-11-20(22)13-21/h3-13,15,24H,14,28H2,1-2H3,(H,30,31)(H,32,33). The maximum atomic E-state index is 12.9. The first kappa shape index (κ1) is 22.2. The summed E-state index contributed by atoms with van der Waals surface area (Å²) in [6.45, 7) is 4.03. The Morgan fingerprint density at radius 2 is 1.76 bits per heavy atom. The van der Waals surface area contributed by atoms with Gasteiger partial charge in [0.1, 0.15) is 0 Å². The third-order valence-electron chi connectivity index (χ3n) is 5.95. The molecule has 0 bridgehead atoms. The van der Waals surface area contributed by atoms with Crippen LogP contribution in [0.4, 0.5) is 0 Å². The van der Waals surface area contributed by atoms with Crippen molar-refractivity contribution < 1.29 is 14.7 Å². The highest BCUT2D eigenvalue weighted by atomic mass is 16.4. The van der Waals surface area contributed by atoms with Gasteiger partial charge in [-0.3, -0.25) is 9.78 Å². The summed E-state index contributed by atoms with van der Waals surface area (Å²) in [5, 5.41) is 14.4. The molecule has 4 aromatic rings. The number of aromatic nitrogens is 1. The Balaban J connectivity index is 1.58. The zero-order valence-electron chi connectivity index (χ0n) is 18.5. The van der Waals surface area contributed by atoms with Gasteiger partial charge in [-0.25, -0.2) is 4.79 Å². The zero-order chi connectivity index (χ0) is 23.5. The molecule has 0 spiro atoms. The number of pyridine rings is 1.